The lowest BCUT2D eigenvalue weighted by atomic mass is 10.1. The van der Waals surface area contributed by atoms with Crippen LogP contribution < -0.4 is 9.47 Å². The molecule has 0 radical (unpaired) electrons. The van der Waals surface area contributed by atoms with Crippen molar-refractivity contribution in [2.45, 2.75) is 13.3 Å². The van der Waals surface area contributed by atoms with Gasteiger partial charge in [-0.05, 0) is 42.8 Å². The SMILES string of the molecule is C#CCOc1ccc(/C=C(\CC(=O)O)c2nc3ccccc3o2)cc1OCC. The molecule has 1 heterocycles. The summed E-state index contributed by atoms with van der Waals surface area (Å²) in [5.41, 5.74) is 2.45. The minimum absolute atomic E-state index is 0.127. The number of carbonyl (C=O) groups is 1. The first-order chi connectivity index (χ1) is 13.6. The van der Waals surface area contributed by atoms with E-state index in [2.05, 4.69) is 10.9 Å². The van der Waals surface area contributed by atoms with E-state index < -0.39 is 5.97 Å². The number of fused-ring (bicyclic) bond motifs is 1. The fourth-order valence-electron chi connectivity index (χ4n) is 2.68. The van der Waals surface area contributed by atoms with E-state index in [-0.39, 0.29) is 18.9 Å². The molecule has 0 aliphatic heterocycles. The van der Waals surface area contributed by atoms with Crippen LogP contribution in [-0.2, 0) is 4.79 Å². The molecule has 0 spiro atoms. The van der Waals surface area contributed by atoms with Gasteiger partial charge < -0.3 is 19.0 Å². The largest absolute Gasteiger partial charge is 0.490 e. The molecule has 3 aromatic rings. The van der Waals surface area contributed by atoms with Crippen molar-refractivity contribution < 1.29 is 23.8 Å². The molecule has 0 unspecified atom stereocenters. The van der Waals surface area contributed by atoms with Crippen molar-refractivity contribution in [2.75, 3.05) is 13.2 Å². The van der Waals surface area contributed by atoms with Gasteiger partial charge in [0, 0.05) is 5.57 Å². The Morgan fingerprint density at radius 3 is 2.79 bits per heavy atom. The number of carboxylic acid groups (broad SMARTS) is 1. The molecular weight excluding hydrogens is 358 g/mol. The zero-order valence-electron chi connectivity index (χ0n) is 15.3. The summed E-state index contributed by atoms with van der Waals surface area (Å²) in [5.74, 6) is 2.76. The molecule has 0 bridgehead atoms. The van der Waals surface area contributed by atoms with E-state index >= 15 is 0 Å². The zero-order chi connectivity index (χ0) is 19.9. The van der Waals surface area contributed by atoms with Crippen LogP contribution in [0.3, 0.4) is 0 Å². The highest BCUT2D eigenvalue weighted by Gasteiger charge is 2.15. The van der Waals surface area contributed by atoms with Gasteiger partial charge in [0.15, 0.2) is 17.1 Å². The van der Waals surface area contributed by atoms with Crippen LogP contribution in [0.2, 0.25) is 0 Å². The van der Waals surface area contributed by atoms with Crippen LogP contribution in [0, 0.1) is 12.3 Å². The summed E-state index contributed by atoms with van der Waals surface area (Å²) in [4.78, 5) is 15.8. The van der Waals surface area contributed by atoms with E-state index in [1.807, 2.05) is 25.1 Å². The quantitative estimate of drug-likeness (QED) is 0.591. The molecular formula is C22H19NO5. The summed E-state index contributed by atoms with van der Waals surface area (Å²) < 4.78 is 16.8. The van der Waals surface area contributed by atoms with E-state index in [1.54, 1.807) is 30.3 Å². The lowest BCUT2D eigenvalue weighted by molar-refractivity contribution is -0.135. The van der Waals surface area contributed by atoms with Gasteiger partial charge in [0.2, 0.25) is 5.89 Å². The Morgan fingerprint density at radius 1 is 1.25 bits per heavy atom. The molecule has 0 saturated heterocycles. The van der Waals surface area contributed by atoms with Crippen molar-refractivity contribution in [1.82, 2.24) is 4.98 Å². The third kappa shape index (κ3) is 4.51. The number of nitrogens with zero attached hydrogens (tertiary/aromatic N) is 1. The van der Waals surface area contributed by atoms with E-state index in [1.165, 1.54) is 0 Å². The number of carboxylic acids is 1. The number of rotatable bonds is 8. The molecule has 1 aromatic heterocycles. The molecule has 2 aromatic carbocycles. The Morgan fingerprint density at radius 2 is 2.07 bits per heavy atom. The maximum Gasteiger partial charge on any atom is 0.308 e. The predicted octanol–water partition coefficient (Wildman–Crippen LogP) is 4.25. The first-order valence-corrected chi connectivity index (χ1v) is 8.72. The summed E-state index contributed by atoms with van der Waals surface area (Å²) in [6.45, 7) is 2.44. The first kappa shape index (κ1) is 19.1. The van der Waals surface area contributed by atoms with Crippen molar-refractivity contribution in [2.24, 2.45) is 0 Å². The van der Waals surface area contributed by atoms with E-state index in [9.17, 15) is 9.90 Å². The van der Waals surface area contributed by atoms with Gasteiger partial charge in [-0.3, -0.25) is 4.79 Å². The van der Waals surface area contributed by atoms with Crippen LogP contribution in [0.25, 0.3) is 22.7 Å². The lowest BCUT2D eigenvalue weighted by Gasteiger charge is -2.11. The van der Waals surface area contributed by atoms with Gasteiger partial charge in [-0.15, -0.1) is 6.42 Å². The normalized spacial score (nSPS) is 11.2. The molecule has 1 N–H and O–H groups in total. The molecule has 0 aliphatic carbocycles. The molecule has 0 fully saturated rings. The third-order valence-corrected chi connectivity index (χ3v) is 3.83. The fourth-order valence-corrected chi connectivity index (χ4v) is 2.68. The molecule has 3 rings (SSSR count). The third-order valence-electron chi connectivity index (χ3n) is 3.83. The van der Waals surface area contributed by atoms with Gasteiger partial charge in [0.25, 0.3) is 0 Å². The summed E-state index contributed by atoms with van der Waals surface area (Å²) in [7, 11) is 0. The Bertz CT molecular complexity index is 1030. The van der Waals surface area contributed by atoms with Gasteiger partial charge in [-0.1, -0.05) is 24.1 Å². The average molecular weight is 377 g/mol. The minimum atomic E-state index is -0.979. The maximum absolute atomic E-state index is 11.4. The van der Waals surface area contributed by atoms with Crippen molar-refractivity contribution in [3.63, 3.8) is 0 Å². The highest BCUT2D eigenvalue weighted by molar-refractivity contribution is 5.91. The van der Waals surface area contributed by atoms with Gasteiger partial charge >= 0.3 is 5.97 Å². The Kier molecular flexibility index (Phi) is 5.97. The molecule has 142 valence electrons. The number of terminal acetylenes is 1. The topological polar surface area (TPSA) is 81.8 Å². The molecule has 0 amide bonds. The number of aliphatic carboxylic acids is 1. The number of hydrogen-bond acceptors (Lipinski definition) is 5. The summed E-state index contributed by atoms with van der Waals surface area (Å²) in [6.07, 6.45) is 6.73. The molecule has 6 nitrogen and oxygen atoms in total. The Labute approximate surface area is 162 Å². The summed E-state index contributed by atoms with van der Waals surface area (Å²) >= 11 is 0. The van der Waals surface area contributed by atoms with E-state index in [0.29, 0.717) is 34.8 Å². The average Bonchev–Trinajstić information content (AvgIpc) is 3.11. The van der Waals surface area contributed by atoms with E-state index in [0.717, 1.165) is 5.56 Å². The molecule has 0 aliphatic rings. The highest BCUT2D eigenvalue weighted by Crippen LogP contribution is 2.31. The monoisotopic (exact) mass is 377 g/mol. The predicted molar refractivity (Wildman–Crippen MR) is 106 cm³/mol. The second-order valence-electron chi connectivity index (χ2n) is 5.86. The fraction of sp³-hybridized carbons (Fsp3) is 0.182. The van der Waals surface area contributed by atoms with Crippen LogP contribution in [0.4, 0.5) is 0 Å². The van der Waals surface area contributed by atoms with Crippen LogP contribution in [-0.4, -0.2) is 29.3 Å². The molecule has 0 saturated carbocycles. The Hall–Kier alpha value is -3.72. The van der Waals surface area contributed by atoms with Crippen molar-refractivity contribution in [3.05, 3.63) is 53.9 Å². The van der Waals surface area contributed by atoms with Gasteiger partial charge in [0.05, 0.1) is 13.0 Å². The molecule has 6 heteroatoms. The number of ether oxygens (including phenoxy) is 2. The summed E-state index contributed by atoms with van der Waals surface area (Å²) in [6, 6.07) is 12.6. The number of aromatic nitrogens is 1. The van der Waals surface area contributed by atoms with Gasteiger partial charge in [0.1, 0.15) is 12.1 Å². The van der Waals surface area contributed by atoms with Gasteiger partial charge in [-0.2, -0.15) is 0 Å². The van der Waals surface area contributed by atoms with Crippen LogP contribution >= 0.6 is 0 Å². The highest BCUT2D eigenvalue weighted by atomic mass is 16.5. The molecule has 0 atom stereocenters. The minimum Gasteiger partial charge on any atom is -0.490 e. The van der Waals surface area contributed by atoms with Crippen LogP contribution in [0.15, 0.2) is 46.9 Å². The first-order valence-electron chi connectivity index (χ1n) is 8.72. The second-order valence-corrected chi connectivity index (χ2v) is 5.86. The second kappa shape index (κ2) is 8.78. The Balaban J connectivity index is 2.01. The molecule has 28 heavy (non-hydrogen) atoms. The lowest BCUT2D eigenvalue weighted by Crippen LogP contribution is -2.00. The number of oxazole rings is 1. The van der Waals surface area contributed by atoms with Crippen LogP contribution in [0.1, 0.15) is 24.8 Å². The number of hydrogen-bond donors (Lipinski definition) is 1. The number of benzene rings is 2. The van der Waals surface area contributed by atoms with Crippen molar-refractivity contribution >= 4 is 28.7 Å². The standard InChI is InChI=1S/C22H19NO5/c1-3-11-27-19-10-9-15(13-20(19)26-4-2)12-16(14-21(24)25)22-23-17-7-5-6-8-18(17)28-22/h1,5-10,12-13H,4,11,14H2,2H3,(H,24,25)/b16-12+. The number of para-hydroxylation sites is 2. The van der Waals surface area contributed by atoms with Gasteiger partial charge in [-0.25, -0.2) is 4.98 Å². The smallest absolute Gasteiger partial charge is 0.308 e. The van der Waals surface area contributed by atoms with Crippen molar-refractivity contribution in [3.8, 4) is 23.8 Å². The van der Waals surface area contributed by atoms with Crippen LogP contribution in [0.5, 0.6) is 11.5 Å². The van der Waals surface area contributed by atoms with Crippen molar-refractivity contribution in [1.29, 1.82) is 0 Å². The zero-order valence-corrected chi connectivity index (χ0v) is 15.3. The van der Waals surface area contributed by atoms with E-state index in [4.69, 9.17) is 20.3 Å². The maximum atomic E-state index is 11.4. The summed E-state index contributed by atoms with van der Waals surface area (Å²) in [5, 5.41) is 9.30.